The number of benzene rings is 1. The molecule has 5 rings (SSSR count). The van der Waals surface area contributed by atoms with Gasteiger partial charge in [0.15, 0.2) is 6.29 Å². The van der Waals surface area contributed by atoms with E-state index < -0.39 is 0 Å². The minimum Gasteiger partial charge on any atom is -0.486 e. The lowest BCUT2D eigenvalue weighted by Crippen LogP contribution is -2.32. The molecule has 3 heterocycles. The lowest BCUT2D eigenvalue weighted by molar-refractivity contribution is 0.0938. The number of hydrogen-bond acceptors (Lipinski definition) is 6. The summed E-state index contributed by atoms with van der Waals surface area (Å²) in [5.41, 5.74) is 3.52. The van der Waals surface area contributed by atoms with Gasteiger partial charge in [0.2, 0.25) is 0 Å². The van der Waals surface area contributed by atoms with Crippen LogP contribution in [0.15, 0.2) is 18.5 Å². The molecular weight excluding hydrogens is 425 g/mol. The first-order chi connectivity index (χ1) is 14.3. The Hall–Kier alpha value is -2.38. The van der Waals surface area contributed by atoms with Gasteiger partial charge in [0.1, 0.15) is 11.4 Å². The van der Waals surface area contributed by atoms with Gasteiger partial charge in [-0.3, -0.25) is 9.78 Å². The van der Waals surface area contributed by atoms with Crippen molar-refractivity contribution >= 4 is 46.2 Å². The number of hydrogen-bond donors (Lipinski definition) is 4. The standard InChI is InChI=1S/C21H23Cl2N5O2/c1-21(2)6-12-16-15(5-11(18(12)30-21)19(29)25-7-10-3-4-10)26-20(27-16)28-17-13(22)8-24-9-14(17)23/h5,8-10,20,26-27H,3-4,6-7H2,1-2H3,(H,24,28)(H,25,29). The van der Waals surface area contributed by atoms with Crippen molar-refractivity contribution in [3.8, 4) is 5.75 Å². The van der Waals surface area contributed by atoms with Crippen molar-refractivity contribution in [1.82, 2.24) is 10.3 Å². The van der Waals surface area contributed by atoms with Crippen molar-refractivity contribution in [2.24, 2.45) is 5.92 Å². The molecule has 1 aromatic heterocycles. The van der Waals surface area contributed by atoms with Gasteiger partial charge in [-0.2, -0.15) is 0 Å². The normalized spacial score (nSPS) is 20.5. The van der Waals surface area contributed by atoms with Crippen LogP contribution in [0.2, 0.25) is 10.0 Å². The molecule has 0 bridgehead atoms. The van der Waals surface area contributed by atoms with Gasteiger partial charge in [-0.05, 0) is 38.7 Å². The Morgan fingerprint density at radius 3 is 2.70 bits per heavy atom. The monoisotopic (exact) mass is 447 g/mol. The zero-order valence-electron chi connectivity index (χ0n) is 16.7. The number of anilines is 3. The number of aromatic nitrogens is 1. The van der Waals surface area contributed by atoms with Gasteiger partial charge >= 0.3 is 0 Å². The number of ether oxygens (including phenoxy) is 1. The largest absolute Gasteiger partial charge is 0.486 e. The predicted octanol–water partition coefficient (Wildman–Crippen LogP) is 4.47. The number of pyridine rings is 1. The molecule has 158 valence electrons. The summed E-state index contributed by atoms with van der Waals surface area (Å²) in [6.45, 7) is 4.77. The average Bonchev–Trinajstić information content (AvgIpc) is 3.33. The number of rotatable bonds is 5. The van der Waals surface area contributed by atoms with Crippen molar-refractivity contribution < 1.29 is 9.53 Å². The first kappa shape index (κ1) is 19.6. The third-order valence-corrected chi connectivity index (χ3v) is 6.16. The molecule has 30 heavy (non-hydrogen) atoms. The summed E-state index contributed by atoms with van der Waals surface area (Å²) in [4.78, 5) is 16.9. The molecule has 7 nitrogen and oxygen atoms in total. The van der Waals surface area contributed by atoms with Gasteiger partial charge in [0.05, 0.1) is 32.7 Å². The van der Waals surface area contributed by atoms with Gasteiger partial charge in [-0.25, -0.2) is 0 Å². The number of nitrogens with zero attached hydrogens (tertiary/aromatic N) is 1. The Labute approximate surface area is 184 Å². The molecule has 0 saturated heterocycles. The maximum absolute atomic E-state index is 12.9. The SMILES string of the molecule is CC1(C)Cc2c3c(cc(C(=O)NCC4CC4)c2O1)NC(Nc1c(Cl)cncc1Cl)N3. The fourth-order valence-electron chi connectivity index (χ4n) is 3.95. The third-order valence-electron chi connectivity index (χ3n) is 5.58. The van der Waals surface area contributed by atoms with Gasteiger partial charge in [-0.1, -0.05) is 23.2 Å². The summed E-state index contributed by atoms with van der Waals surface area (Å²) in [6.07, 6.45) is 5.79. The van der Waals surface area contributed by atoms with E-state index in [1.54, 1.807) is 0 Å². The van der Waals surface area contributed by atoms with Crippen LogP contribution in [0.5, 0.6) is 5.75 Å². The van der Waals surface area contributed by atoms with E-state index >= 15 is 0 Å². The predicted molar refractivity (Wildman–Crippen MR) is 119 cm³/mol. The van der Waals surface area contributed by atoms with Crippen LogP contribution in [-0.2, 0) is 6.42 Å². The van der Waals surface area contributed by atoms with E-state index in [0.717, 1.165) is 16.9 Å². The smallest absolute Gasteiger partial charge is 0.255 e. The second-order valence-corrected chi connectivity index (χ2v) is 9.50. The summed E-state index contributed by atoms with van der Waals surface area (Å²) >= 11 is 12.5. The van der Waals surface area contributed by atoms with Crippen LogP contribution in [-0.4, -0.2) is 29.3 Å². The third kappa shape index (κ3) is 3.61. The molecule has 1 atom stereocenters. The molecule has 1 saturated carbocycles. The minimum atomic E-state index is -0.381. The highest BCUT2D eigenvalue weighted by atomic mass is 35.5. The van der Waals surface area contributed by atoms with Crippen LogP contribution in [0.25, 0.3) is 0 Å². The zero-order chi connectivity index (χ0) is 21.0. The van der Waals surface area contributed by atoms with Crippen molar-refractivity contribution in [1.29, 1.82) is 0 Å². The summed E-state index contributed by atoms with van der Waals surface area (Å²) in [7, 11) is 0. The highest BCUT2D eigenvalue weighted by molar-refractivity contribution is 6.38. The summed E-state index contributed by atoms with van der Waals surface area (Å²) in [5, 5.41) is 14.0. The molecule has 1 fully saturated rings. The molecule has 0 spiro atoms. The molecule has 4 N–H and O–H groups in total. The summed E-state index contributed by atoms with van der Waals surface area (Å²) in [6, 6.07) is 1.85. The molecule has 1 aromatic carbocycles. The van der Waals surface area contributed by atoms with Gasteiger partial charge in [0, 0.05) is 30.9 Å². The van der Waals surface area contributed by atoms with Gasteiger partial charge < -0.3 is 26.0 Å². The van der Waals surface area contributed by atoms with E-state index in [9.17, 15) is 4.79 Å². The topological polar surface area (TPSA) is 87.3 Å². The number of amides is 1. The zero-order valence-corrected chi connectivity index (χ0v) is 18.2. The number of nitrogens with one attached hydrogen (secondary N) is 4. The van der Waals surface area contributed by atoms with E-state index in [4.69, 9.17) is 27.9 Å². The van der Waals surface area contributed by atoms with Crippen LogP contribution < -0.4 is 26.0 Å². The maximum Gasteiger partial charge on any atom is 0.255 e. The minimum absolute atomic E-state index is 0.0999. The van der Waals surface area contributed by atoms with E-state index in [2.05, 4.69) is 26.3 Å². The molecule has 2 aromatic rings. The van der Waals surface area contributed by atoms with E-state index in [1.165, 1.54) is 25.2 Å². The Bertz CT molecular complexity index is 1020. The second kappa shape index (κ2) is 7.10. The Morgan fingerprint density at radius 1 is 1.27 bits per heavy atom. The Morgan fingerprint density at radius 2 is 2.00 bits per heavy atom. The maximum atomic E-state index is 12.9. The fraction of sp³-hybridized carbons (Fsp3) is 0.429. The highest BCUT2D eigenvalue weighted by Crippen LogP contribution is 2.48. The van der Waals surface area contributed by atoms with Gasteiger partial charge in [-0.15, -0.1) is 0 Å². The van der Waals surface area contributed by atoms with E-state index in [-0.39, 0.29) is 17.8 Å². The summed E-state index contributed by atoms with van der Waals surface area (Å²) in [5.74, 6) is 1.16. The van der Waals surface area contributed by atoms with E-state index in [1.807, 2.05) is 19.9 Å². The molecular formula is C21H23Cl2N5O2. The van der Waals surface area contributed by atoms with Crippen LogP contribution >= 0.6 is 23.2 Å². The van der Waals surface area contributed by atoms with Crippen molar-refractivity contribution in [3.05, 3.63) is 39.6 Å². The molecule has 1 aliphatic carbocycles. The van der Waals surface area contributed by atoms with Gasteiger partial charge in [0.25, 0.3) is 5.91 Å². The molecule has 3 aliphatic rings. The Kier molecular flexibility index (Phi) is 4.63. The molecule has 1 unspecified atom stereocenters. The first-order valence-electron chi connectivity index (χ1n) is 10.1. The second-order valence-electron chi connectivity index (χ2n) is 8.69. The van der Waals surface area contributed by atoms with Crippen molar-refractivity contribution in [2.75, 3.05) is 22.5 Å². The molecule has 9 heteroatoms. The van der Waals surface area contributed by atoms with Crippen LogP contribution in [0.1, 0.15) is 42.6 Å². The highest BCUT2D eigenvalue weighted by Gasteiger charge is 2.39. The molecule has 0 radical (unpaired) electrons. The lowest BCUT2D eigenvalue weighted by Gasteiger charge is -2.18. The van der Waals surface area contributed by atoms with Crippen molar-refractivity contribution in [3.63, 3.8) is 0 Å². The first-order valence-corrected chi connectivity index (χ1v) is 10.8. The average molecular weight is 448 g/mol. The van der Waals surface area contributed by atoms with Crippen molar-refractivity contribution in [2.45, 2.75) is 45.0 Å². The fourth-order valence-corrected chi connectivity index (χ4v) is 4.42. The quantitative estimate of drug-likeness (QED) is 0.540. The van der Waals surface area contributed by atoms with Crippen LogP contribution in [0.4, 0.5) is 17.1 Å². The number of carbonyl (C=O) groups is 1. The number of halogens is 2. The number of carbonyl (C=O) groups excluding carboxylic acids is 1. The van der Waals surface area contributed by atoms with E-state index in [0.29, 0.717) is 45.9 Å². The molecule has 2 aliphatic heterocycles. The molecule has 1 amide bonds. The van der Waals surface area contributed by atoms with Crippen LogP contribution in [0.3, 0.4) is 0 Å². The summed E-state index contributed by atoms with van der Waals surface area (Å²) < 4.78 is 6.19. The Balaban J connectivity index is 1.44. The van der Waals surface area contributed by atoms with Crippen LogP contribution in [0, 0.1) is 5.92 Å². The number of fused-ring (bicyclic) bond motifs is 3. The lowest BCUT2D eigenvalue weighted by atomic mass is 9.97.